The first-order valence-corrected chi connectivity index (χ1v) is 7.57. The molecule has 1 aromatic carbocycles. The van der Waals surface area contributed by atoms with Gasteiger partial charge in [-0.25, -0.2) is 0 Å². The third kappa shape index (κ3) is 3.48. The zero-order valence-corrected chi connectivity index (χ0v) is 14.1. The molecule has 0 saturated heterocycles. The Morgan fingerprint density at radius 3 is 2.71 bits per heavy atom. The van der Waals surface area contributed by atoms with Crippen molar-refractivity contribution >= 4 is 33.2 Å². The predicted molar refractivity (Wildman–Crippen MR) is 87.8 cm³/mol. The molecular weight excluding hydrogens is 356 g/mol. The minimum Gasteiger partial charge on any atom is -0.506 e. The third-order valence-corrected chi connectivity index (χ3v) is 4.37. The number of pyridine rings is 1. The standard InChI is InChI=1S/C15H16BrClN2O2/c1-8-3-12(16)14(4-13(8)17)19-6-11-10(7-20)5-18-9(2)15(11)21/h3-5,19-21H,6-7H2,1-2H3. The van der Waals surface area contributed by atoms with Gasteiger partial charge < -0.3 is 15.5 Å². The van der Waals surface area contributed by atoms with E-state index in [1.807, 2.05) is 19.1 Å². The number of aromatic hydroxyl groups is 1. The van der Waals surface area contributed by atoms with Crippen LogP contribution >= 0.6 is 27.5 Å². The summed E-state index contributed by atoms with van der Waals surface area (Å²) in [7, 11) is 0. The van der Waals surface area contributed by atoms with Crippen LogP contribution in [0.4, 0.5) is 5.69 Å². The summed E-state index contributed by atoms with van der Waals surface area (Å²) in [6.45, 7) is 3.84. The number of nitrogens with one attached hydrogen (secondary N) is 1. The fourth-order valence-corrected chi connectivity index (χ4v) is 2.74. The largest absolute Gasteiger partial charge is 0.506 e. The highest BCUT2D eigenvalue weighted by Gasteiger charge is 2.12. The second-order valence-electron chi connectivity index (χ2n) is 4.79. The second kappa shape index (κ2) is 6.64. The van der Waals surface area contributed by atoms with Gasteiger partial charge in [0.15, 0.2) is 0 Å². The molecule has 0 radical (unpaired) electrons. The van der Waals surface area contributed by atoms with Crippen molar-refractivity contribution < 1.29 is 10.2 Å². The number of rotatable bonds is 4. The molecule has 0 amide bonds. The molecule has 0 unspecified atom stereocenters. The minimum atomic E-state index is -0.173. The van der Waals surface area contributed by atoms with E-state index in [-0.39, 0.29) is 12.4 Å². The summed E-state index contributed by atoms with van der Waals surface area (Å²) in [6.07, 6.45) is 1.57. The van der Waals surface area contributed by atoms with Crippen molar-refractivity contribution in [2.75, 3.05) is 5.32 Å². The summed E-state index contributed by atoms with van der Waals surface area (Å²) >= 11 is 9.60. The number of nitrogens with zero attached hydrogens (tertiary/aromatic N) is 1. The minimum absolute atomic E-state index is 0.100. The first-order chi connectivity index (χ1) is 9.93. The SMILES string of the molecule is Cc1cc(Br)c(NCc2c(CO)cnc(C)c2O)cc1Cl. The molecule has 0 bridgehead atoms. The Hall–Kier alpha value is -1.30. The third-order valence-electron chi connectivity index (χ3n) is 3.30. The van der Waals surface area contributed by atoms with Crippen LogP contribution in [0.25, 0.3) is 0 Å². The molecule has 4 nitrogen and oxygen atoms in total. The van der Waals surface area contributed by atoms with Crippen LogP contribution in [0.5, 0.6) is 5.75 Å². The zero-order chi connectivity index (χ0) is 15.6. The van der Waals surface area contributed by atoms with E-state index >= 15 is 0 Å². The fourth-order valence-electron chi connectivity index (χ4n) is 1.98. The molecule has 0 fully saturated rings. The van der Waals surface area contributed by atoms with Gasteiger partial charge in [-0.05, 0) is 47.5 Å². The lowest BCUT2D eigenvalue weighted by Gasteiger charge is -2.14. The molecule has 0 aliphatic rings. The van der Waals surface area contributed by atoms with Crippen molar-refractivity contribution in [2.45, 2.75) is 27.0 Å². The first kappa shape index (κ1) is 16.1. The van der Waals surface area contributed by atoms with Crippen molar-refractivity contribution in [1.82, 2.24) is 4.98 Å². The molecule has 1 aromatic heterocycles. The molecule has 0 atom stereocenters. The average molecular weight is 372 g/mol. The monoisotopic (exact) mass is 370 g/mol. The Labute approximate surface area is 136 Å². The van der Waals surface area contributed by atoms with Crippen LogP contribution in [-0.2, 0) is 13.2 Å². The van der Waals surface area contributed by atoms with Crippen LogP contribution in [0, 0.1) is 13.8 Å². The molecule has 6 heteroatoms. The number of aryl methyl sites for hydroxylation is 2. The van der Waals surface area contributed by atoms with Gasteiger partial charge in [0.2, 0.25) is 0 Å². The number of aliphatic hydroxyl groups is 1. The second-order valence-corrected chi connectivity index (χ2v) is 6.05. The number of aromatic nitrogens is 1. The molecule has 3 N–H and O–H groups in total. The van der Waals surface area contributed by atoms with Gasteiger partial charge in [0.05, 0.1) is 18.0 Å². The van der Waals surface area contributed by atoms with E-state index in [4.69, 9.17) is 11.6 Å². The maximum atomic E-state index is 10.1. The van der Waals surface area contributed by atoms with E-state index < -0.39 is 0 Å². The maximum Gasteiger partial charge on any atom is 0.142 e. The molecule has 0 aliphatic heterocycles. The highest BCUT2D eigenvalue weighted by molar-refractivity contribution is 9.10. The topological polar surface area (TPSA) is 65.4 Å². The van der Waals surface area contributed by atoms with Gasteiger partial charge >= 0.3 is 0 Å². The molecule has 0 spiro atoms. The lowest BCUT2D eigenvalue weighted by molar-refractivity contribution is 0.279. The van der Waals surface area contributed by atoms with Crippen LogP contribution in [0.3, 0.4) is 0 Å². The van der Waals surface area contributed by atoms with Gasteiger partial charge in [0, 0.05) is 33.4 Å². The van der Waals surface area contributed by atoms with Crippen molar-refractivity contribution in [2.24, 2.45) is 0 Å². The predicted octanol–water partition coefficient (Wildman–Crippen LogP) is 3.92. The molecular formula is C15H16BrClN2O2. The van der Waals surface area contributed by atoms with Gasteiger partial charge in [-0.2, -0.15) is 0 Å². The van der Waals surface area contributed by atoms with Gasteiger partial charge in [0.25, 0.3) is 0 Å². The summed E-state index contributed by atoms with van der Waals surface area (Å²) in [5.41, 5.74) is 3.56. The number of halogens is 2. The van der Waals surface area contributed by atoms with Crippen LogP contribution < -0.4 is 5.32 Å². The summed E-state index contributed by atoms with van der Waals surface area (Å²) in [6, 6.07) is 3.75. The van der Waals surface area contributed by atoms with E-state index in [1.165, 1.54) is 0 Å². The van der Waals surface area contributed by atoms with Gasteiger partial charge in [-0.15, -0.1) is 0 Å². The fraction of sp³-hybridized carbons (Fsp3) is 0.267. The number of benzene rings is 1. The number of aliphatic hydroxyl groups excluding tert-OH is 1. The molecule has 2 aromatic rings. The highest BCUT2D eigenvalue weighted by atomic mass is 79.9. The summed E-state index contributed by atoms with van der Waals surface area (Å²) < 4.78 is 0.889. The summed E-state index contributed by atoms with van der Waals surface area (Å²) in [5, 5.41) is 23.3. The lowest BCUT2D eigenvalue weighted by Crippen LogP contribution is -2.06. The number of anilines is 1. The highest BCUT2D eigenvalue weighted by Crippen LogP contribution is 2.31. The Kier molecular flexibility index (Phi) is 5.08. The molecule has 21 heavy (non-hydrogen) atoms. The van der Waals surface area contributed by atoms with E-state index in [2.05, 4.69) is 26.2 Å². The zero-order valence-electron chi connectivity index (χ0n) is 11.7. The van der Waals surface area contributed by atoms with Crippen molar-refractivity contribution in [1.29, 1.82) is 0 Å². The number of hydrogen-bond donors (Lipinski definition) is 3. The van der Waals surface area contributed by atoms with E-state index in [0.717, 1.165) is 15.7 Å². The van der Waals surface area contributed by atoms with Crippen molar-refractivity contribution in [3.05, 3.63) is 50.2 Å². The molecule has 112 valence electrons. The molecule has 1 heterocycles. The lowest BCUT2D eigenvalue weighted by atomic mass is 10.1. The average Bonchev–Trinajstić information content (AvgIpc) is 2.45. The Morgan fingerprint density at radius 1 is 1.33 bits per heavy atom. The van der Waals surface area contributed by atoms with Crippen LogP contribution in [0.2, 0.25) is 5.02 Å². The Bertz CT molecular complexity index is 677. The van der Waals surface area contributed by atoms with E-state index in [9.17, 15) is 10.2 Å². The normalized spacial score (nSPS) is 10.7. The maximum absolute atomic E-state index is 10.1. The van der Waals surface area contributed by atoms with Gasteiger partial charge in [0.1, 0.15) is 5.75 Å². The van der Waals surface area contributed by atoms with Crippen molar-refractivity contribution in [3.8, 4) is 5.75 Å². The number of hydrogen-bond acceptors (Lipinski definition) is 4. The van der Waals surface area contributed by atoms with Crippen molar-refractivity contribution in [3.63, 3.8) is 0 Å². The van der Waals surface area contributed by atoms with Crippen LogP contribution in [-0.4, -0.2) is 15.2 Å². The van der Waals surface area contributed by atoms with E-state index in [1.54, 1.807) is 13.1 Å². The smallest absolute Gasteiger partial charge is 0.142 e. The summed E-state index contributed by atoms with van der Waals surface area (Å²) in [5.74, 6) is 0.100. The Balaban J connectivity index is 2.28. The molecule has 2 rings (SSSR count). The van der Waals surface area contributed by atoms with Crippen LogP contribution in [0.15, 0.2) is 22.8 Å². The molecule has 0 saturated carbocycles. The Morgan fingerprint density at radius 2 is 2.05 bits per heavy atom. The summed E-state index contributed by atoms with van der Waals surface area (Å²) in [4.78, 5) is 4.04. The van der Waals surface area contributed by atoms with E-state index in [0.29, 0.717) is 28.4 Å². The van der Waals surface area contributed by atoms with Gasteiger partial charge in [-0.1, -0.05) is 11.6 Å². The first-order valence-electron chi connectivity index (χ1n) is 6.40. The quantitative estimate of drug-likeness (QED) is 0.762. The molecule has 0 aliphatic carbocycles. The van der Waals surface area contributed by atoms with Gasteiger partial charge in [-0.3, -0.25) is 4.98 Å². The van der Waals surface area contributed by atoms with Crippen LogP contribution in [0.1, 0.15) is 22.4 Å².